The molecule has 0 radical (unpaired) electrons. The van der Waals surface area contributed by atoms with Crippen molar-refractivity contribution in [3.63, 3.8) is 0 Å². The molecule has 2 unspecified atom stereocenters. The van der Waals surface area contributed by atoms with Gasteiger partial charge in [0.15, 0.2) is 0 Å². The lowest BCUT2D eigenvalue weighted by Gasteiger charge is -2.16. The van der Waals surface area contributed by atoms with E-state index in [9.17, 15) is 4.21 Å². The molecule has 2 atom stereocenters. The van der Waals surface area contributed by atoms with Crippen LogP contribution in [0.5, 0.6) is 5.75 Å². The van der Waals surface area contributed by atoms with Crippen LogP contribution in [0.1, 0.15) is 45.1 Å². The molecule has 1 aromatic carbocycles. The average Bonchev–Trinajstić information content (AvgIpc) is 2.45. The predicted octanol–water partition coefficient (Wildman–Crippen LogP) is 3.93. The van der Waals surface area contributed by atoms with Crippen LogP contribution in [-0.2, 0) is 31.0 Å². The molecule has 0 aliphatic heterocycles. The molecule has 4 nitrogen and oxygen atoms in total. The minimum Gasteiger partial charge on any atom is -0.493 e. The molecule has 0 saturated heterocycles. The van der Waals surface area contributed by atoms with Gasteiger partial charge in [-0.1, -0.05) is 45.2 Å². The van der Waals surface area contributed by atoms with Crippen molar-refractivity contribution >= 4 is 20.2 Å². The molecule has 0 amide bonds. The van der Waals surface area contributed by atoms with Crippen LogP contribution in [0.3, 0.4) is 0 Å². The fourth-order valence-electron chi connectivity index (χ4n) is 1.98. The number of hydrogen-bond donors (Lipinski definition) is 1. The summed E-state index contributed by atoms with van der Waals surface area (Å²) in [5, 5.41) is 0. The van der Waals surface area contributed by atoms with E-state index in [1.165, 1.54) is 19.3 Å². The van der Waals surface area contributed by atoms with E-state index >= 15 is 0 Å². The summed E-state index contributed by atoms with van der Waals surface area (Å²) >= 11 is 4.29. The highest BCUT2D eigenvalue weighted by atomic mass is 32.9. The van der Waals surface area contributed by atoms with Gasteiger partial charge in [-0.15, -0.1) is 0 Å². The van der Waals surface area contributed by atoms with E-state index in [0.29, 0.717) is 12.5 Å². The lowest BCUT2D eigenvalue weighted by molar-refractivity contribution is 0.232. The molecule has 0 heterocycles. The van der Waals surface area contributed by atoms with Crippen LogP contribution in [0.15, 0.2) is 24.3 Å². The van der Waals surface area contributed by atoms with Crippen molar-refractivity contribution in [3.05, 3.63) is 29.8 Å². The van der Waals surface area contributed by atoms with Gasteiger partial charge < -0.3 is 4.74 Å². The van der Waals surface area contributed by atoms with E-state index in [1.807, 2.05) is 24.3 Å². The fraction of sp³-hybridized carbons (Fsp3) is 0.600. The highest BCUT2D eigenvalue weighted by molar-refractivity contribution is 8.27. The SMILES string of the molecule is CCCCC(CC)COc1cccc(COS(=O)(O)=S)c1. The van der Waals surface area contributed by atoms with Crippen molar-refractivity contribution in [1.82, 2.24) is 0 Å². The third-order valence-electron chi connectivity index (χ3n) is 3.30. The van der Waals surface area contributed by atoms with Gasteiger partial charge >= 0.3 is 0 Å². The van der Waals surface area contributed by atoms with Crippen molar-refractivity contribution in [2.45, 2.75) is 46.1 Å². The third-order valence-corrected chi connectivity index (χ3v) is 4.01. The molecule has 0 aromatic heterocycles. The van der Waals surface area contributed by atoms with Gasteiger partial charge in [-0.3, -0.25) is 8.74 Å². The summed E-state index contributed by atoms with van der Waals surface area (Å²) in [6.45, 7) is 5.06. The number of rotatable bonds is 10. The quantitative estimate of drug-likeness (QED) is 0.703. The van der Waals surface area contributed by atoms with Gasteiger partial charge in [0.05, 0.1) is 13.2 Å². The van der Waals surface area contributed by atoms with Crippen molar-refractivity contribution in [2.24, 2.45) is 5.92 Å². The van der Waals surface area contributed by atoms with Crippen molar-refractivity contribution < 1.29 is 17.7 Å². The summed E-state index contributed by atoms with van der Waals surface area (Å²) in [5.41, 5.74) is 0.765. The zero-order valence-corrected chi connectivity index (χ0v) is 14.3. The Morgan fingerprint density at radius 3 is 2.76 bits per heavy atom. The minimum atomic E-state index is -3.58. The van der Waals surface area contributed by atoms with E-state index in [0.717, 1.165) is 17.7 Å². The highest BCUT2D eigenvalue weighted by Crippen LogP contribution is 2.18. The normalized spacial score (nSPS) is 15.4. The summed E-state index contributed by atoms with van der Waals surface area (Å²) < 4.78 is 30.4. The standard InChI is InChI=1S/C15H24O4S2/c1-3-5-7-13(4-2)11-18-15-9-6-8-14(10-15)12-19-21(16,17)20/h6,8-10,13H,3-5,7,11-12H2,1-2H3,(H,16,17,20). The monoisotopic (exact) mass is 332 g/mol. The van der Waals surface area contributed by atoms with Gasteiger partial charge in [-0.25, -0.2) is 0 Å². The average molecular weight is 332 g/mol. The predicted molar refractivity (Wildman–Crippen MR) is 88.2 cm³/mol. The molecule has 0 saturated carbocycles. The zero-order valence-electron chi connectivity index (χ0n) is 12.6. The maximum Gasteiger partial charge on any atom is 0.266 e. The van der Waals surface area contributed by atoms with E-state index in [1.54, 1.807) is 0 Å². The second kappa shape index (κ2) is 9.35. The summed E-state index contributed by atoms with van der Waals surface area (Å²) in [4.78, 5) is 0. The molecule has 6 heteroatoms. The van der Waals surface area contributed by atoms with E-state index < -0.39 is 9.05 Å². The van der Waals surface area contributed by atoms with Gasteiger partial charge in [-0.2, -0.15) is 4.21 Å². The van der Waals surface area contributed by atoms with Crippen LogP contribution in [-0.4, -0.2) is 15.4 Å². The first kappa shape index (κ1) is 18.4. The first-order valence-corrected chi connectivity index (χ1v) is 9.64. The number of benzene rings is 1. The molecule has 120 valence electrons. The zero-order chi connectivity index (χ0) is 15.7. The molecule has 0 bridgehead atoms. The number of ether oxygens (including phenoxy) is 1. The first-order chi connectivity index (χ1) is 9.94. The Labute approximate surface area is 132 Å². The van der Waals surface area contributed by atoms with Crippen molar-refractivity contribution in [2.75, 3.05) is 6.61 Å². The van der Waals surface area contributed by atoms with Crippen LogP contribution in [0, 0.1) is 5.92 Å². The maximum atomic E-state index is 10.9. The van der Waals surface area contributed by atoms with Crippen LogP contribution in [0.25, 0.3) is 0 Å². The molecule has 0 spiro atoms. The number of hydrogen-bond acceptors (Lipinski definition) is 4. The Morgan fingerprint density at radius 1 is 1.38 bits per heavy atom. The van der Waals surface area contributed by atoms with Crippen LogP contribution >= 0.6 is 0 Å². The molecule has 1 aromatic rings. The Kier molecular flexibility index (Phi) is 8.18. The van der Waals surface area contributed by atoms with Crippen molar-refractivity contribution in [1.29, 1.82) is 0 Å². The summed E-state index contributed by atoms with van der Waals surface area (Å²) in [5.74, 6) is 1.31. The van der Waals surface area contributed by atoms with Crippen LogP contribution in [0.4, 0.5) is 0 Å². The largest absolute Gasteiger partial charge is 0.493 e. The second-order valence-corrected chi connectivity index (χ2v) is 7.42. The molecular weight excluding hydrogens is 308 g/mol. The Hall–Kier alpha value is -0.690. The summed E-state index contributed by atoms with van der Waals surface area (Å²) in [6.07, 6.45) is 4.70. The summed E-state index contributed by atoms with van der Waals surface area (Å²) in [7, 11) is -3.58. The summed E-state index contributed by atoms with van der Waals surface area (Å²) in [6, 6.07) is 7.33. The van der Waals surface area contributed by atoms with Gasteiger partial charge in [0.25, 0.3) is 9.05 Å². The lowest BCUT2D eigenvalue weighted by atomic mass is 10.0. The topological polar surface area (TPSA) is 55.8 Å². The molecule has 0 aliphatic carbocycles. The molecule has 1 rings (SSSR count). The molecule has 21 heavy (non-hydrogen) atoms. The Balaban J connectivity index is 2.51. The minimum absolute atomic E-state index is 0.00305. The van der Waals surface area contributed by atoms with E-state index in [-0.39, 0.29) is 6.61 Å². The van der Waals surface area contributed by atoms with E-state index in [2.05, 4.69) is 25.0 Å². The smallest absolute Gasteiger partial charge is 0.266 e. The number of unbranched alkanes of at least 4 members (excludes halogenated alkanes) is 1. The molecule has 0 fully saturated rings. The van der Waals surface area contributed by atoms with Gasteiger partial charge in [0.1, 0.15) is 5.75 Å². The highest BCUT2D eigenvalue weighted by Gasteiger charge is 2.08. The lowest BCUT2D eigenvalue weighted by Crippen LogP contribution is -2.11. The van der Waals surface area contributed by atoms with Gasteiger partial charge in [0.2, 0.25) is 0 Å². The first-order valence-electron chi connectivity index (χ1n) is 7.28. The van der Waals surface area contributed by atoms with Crippen molar-refractivity contribution in [3.8, 4) is 5.75 Å². The second-order valence-electron chi connectivity index (χ2n) is 5.06. The molecule has 0 aliphatic rings. The third kappa shape index (κ3) is 8.36. The van der Waals surface area contributed by atoms with Gasteiger partial charge in [-0.05, 0) is 30.0 Å². The maximum absolute atomic E-state index is 10.9. The van der Waals surface area contributed by atoms with Gasteiger partial charge in [0, 0.05) is 11.2 Å². The Morgan fingerprint density at radius 2 is 2.14 bits per heavy atom. The molecular formula is C15H24O4S2. The fourth-order valence-corrected chi connectivity index (χ4v) is 2.41. The Bertz CT molecular complexity index is 514. The van der Waals surface area contributed by atoms with Crippen LogP contribution in [0.2, 0.25) is 0 Å². The van der Waals surface area contributed by atoms with E-state index in [4.69, 9.17) is 13.5 Å². The molecule has 1 N–H and O–H groups in total. The van der Waals surface area contributed by atoms with Crippen LogP contribution < -0.4 is 4.74 Å².